The summed E-state index contributed by atoms with van der Waals surface area (Å²) in [5.41, 5.74) is 0.406. The average molecular weight is 338 g/mol. The molecule has 0 saturated carbocycles. The lowest BCUT2D eigenvalue weighted by Gasteiger charge is -2.27. The Bertz CT molecular complexity index is 488. The zero-order chi connectivity index (χ0) is 18.2. The monoisotopic (exact) mass is 338 g/mol. The van der Waals surface area contributed by atoms with Crippen molar-refractivity contribution in [3.63, 3.8) is 0 Å². The van der Waals surface area contributed by atoms with Crippen molar-refractivity contribution >= 4 is 6.09 Å². The number of ether oxygens (including phenoxy) is 1. The van der Waals surface area contributed by atoms with Crippen LogP contribution in [0.5, 0.6) is 0 Å². The fraction of sp³-hybridized carbons (Fsp3) is 0.611. The SMILES string of the molecule is C[C@H](CO)NC[C@@H](O)[C@H](Cc1ccccc1)NC(=O)OC(C)(C)C. The standard InChI is InChI=1S/C18H30N2O4/c1-13(12-21)19-11-16(22)15(10-14-8-6-5-7-9-14)20-17(23)24-18(2,3)4/h5-9,13,15-16,19,21-22H,10-12H2,1-4H3,(H,20,23)/t13-,15+,16-/m1/s1. The van der Waals surface area contributed by atoms with E-state index in [1.54, 1.807) is 20.8 Å². The molecular formula is C18H30N2O4. The Morgan fingerprint density at radius 1 is 1.25 bits per heavy atom. The summed E-state index contributed by atoms with van der Waals surface area (Å²) >= 11 is 0. The summed E-state index contributed by atoms with van der Waals surface area (Å²) in [7, 11) is 0. The molecular weight excluding hydrogens is 308 g/mol. The molecule has 0 radical (unpaired) electrons. The molecule has 0 bridgehead atoms. The van der Waals surface area contributed by atoms with E-state index in [0.717, 1.165) is 5.56 Å². The molecule has 0 aromatic heterocycles. The van der Waals surface area contributed by atoms with Gasteiger partial charge in [-0.05, 0) is 39.7 Å². The highest BCUT2D eigenvalue weighted by molar-refractivity contribution is 5.68. The molecule has 24 heavy (non-hydrogen) atoms. The fourth-order valence-electron chi connectivity index (χ4n) is 2.14. The lowest BCUT2D eigenvalue weighted by Crippen LogP contribution is -2.51. The molecule has 6 nitrogen and oxygen atoms in total. The van der Waals surface area contributed by atoms with Gasteiger partial charge in [-0.25, -0.2) is 4.79 Å². The number of rotatable bonds is 8. The molecule has 0 saturated heterocycles. The first-order valence-corrected chi connectivity index (χ1v) is 8.27. The van der Waals surface area contributed by atoms with Gasteiger partial charge in [0.15, 0.2) is 0 Å². The number of aliphatic hydroxyl groups is 2. The van der Waals surface area contributed by atoms with Gasteiger partial charge in [0, 0.05) is 12.6 Å². The normalized spacial score (nSPS) is 15.4. The quantitative estimate of drug-likeness (QED) is 0.576. The third kappa shape index (κ3) is 8.29. The summed E-state index contributed by atoms with van der Waals surface area (Å²) < 4.78 is 5.28. The summed E-state index contributed by atoms with van der Waals surface area (Å²) in [6.45, 7) is 7.43. The van der Waals surface area contributed by atoms with Gasteiger partial charge in [-0.1, -0.05) is 30.3 Å². The number of carbonyl (C=O) groups excluding carboxylic acids is 1. The summed E-state index contributed by atoms with van der Waals surface area (Å²) in [6, 6.07) is 9.01. The van der Waals surface area contributed by atoms with Crippen LogP contribution >= 0.6 is 0 Å². The molecule has 1 amide bonds. The minimum absolute atomic E-state index is 0.0183. The predicted octanol–water partition coefficient (Wildman–Crippen LogP) is 1.45. The van der Waals surface area contributed by atoms with Gasteiger partial charge < -0.3 is 25.6 Å². The molecule has 0 aliphatic carbocycles. The number of alkyl carbamates (subject to hydrolysis) is 1. The van der Waals surface area contributed by atoms with E-state index in [9.17, 15) is 9.90 Å². The predicted molar refractivity (Wildman–Crippen MR) is 93.9 cm³/mol. The Kier molecular flexibility index (Phi) is 8.18. The van der Waals surface area contributed by atoms with Crippen LogP contribution in [-0.4, -0.2) is 53.2 Å². The number of hydrogen-bond acceptors (Lipinski definition) is 5. The smallest absolute Gasteiger partial charge is 0.407 e. The summed E-state index contributed by atoms with van der Waals surface area (Å²) in [6.07, 6.45) is -0.888. The molecule has 3 atom stereocenters. The van der Waals surface area contributed by atoms with E-state index < -0.39 is 23.8 Å². The number of benzene rings is 1. The van der Waals surface area contributed by atoms with Crippen molar-refractivity contribution in [2.75, 3.05) is 13.2 Å². The van der Waals surface area contributed by atoms with Crippen molar-refractivity contribution in [3.05, 3.63) is 35.9 Å². The van der Waals surface area contributed by atoms with Crippen LogP contribution in [0.25, 0.3) is 0 Å². The maximum atomic E-state index is 12.1. The van der Waals surface area contributed by atoms with Crippen molar-refractivity contribution < 1.29 is 19.7 Å². The summed E-state index contributed by atoms with van der Waals surface area (Å²) in [5.74, 6) is 0. The van der Waals surface area contributed by atoms with E-state index in [1.165, 1.54) is 0 Å². The first-order valence-electron chi connectivity index (χ1n) is 8.27. The number of aliphatic hydroxyl groups excluding tert-OH is 2. The van der Waals surface area contributed by atoms with Crippen molar-refractivity contribution in [1.29, 1.82) is 0 Å². The van der Waals surface area contributed by atoms with E-state index in [0.29, 0.717) is 6.42 Å². The van der Waals surface area contributed by atoms with Crippen LogP contribution in [0.15, 0.2) is 30.3 Å². The van der Waals surface area contributed by atoms with Gasteiger partial charge >= 0.3 is 6.09 Å². The maximum absolute atomic E-state index is 12.1. The van der Waals surface area contributed by atoms with Crippen LogP contribution in [0.3, 0.4) is 0 Å². The largest absolute Gasteiger partial charge is 0.444 e. The molecule has 0 unspecified atom stereocenters. The van der Waals surface area contributed by atoms with Gasteiger partial charge in [0.25, 0.3) is 0 Å². The number of amides is 1. The third-order valence-corrected chi connectivity index (χ3v) is 3.41. The van der Waals surface area contributed by atoms with Gasteiger partial charge in [0.1, 0.15) is 5.60 Å². The molecule has 0 fully saturated rings. The van der Waals surface area contributed by atoms with Gasteiger partial charge in [-0.3, -0.25) is 0 Å². The average Bonchev–Trinajstić information content (AvgIpc) is 2.50. The molecule has 6 heteroatoms. The van der Waals surface area contributed by atoms with Crippen molar-refractivity contribution in [3.8, 4) is 0 Å². The highest BCUT2D eigenvalue weighted by Crippen LogP contribution is 2.10. The zero-order valence-electron chi connectivity index (χ0n) is 15.0. The van der Waals surface area contributed by atoms with Crippen LogP contribution in [-0.2, 0) is 11.2 Å². The Balaban J connectivity index is 2.72. The van der Waals surface area contributed by atoms with Crippen LogP contribution < -0.4 is 10.6 Å². The Labute approximate surface area is 144 Å². The second-order valence-corrected chi connectivity index (χ2v) is 7.00. The Hall–Kier alpha value is -1.63. The third-order valence-electron chi connectivity index (χ3n) is 3.41. The molecule has 0 spiro atoms. The van der Waals surface area contributed by atoms with Crippen LogP contribution in [0.4, 0.5) is 4.79 Å². The van der Waals surface area contributed by atoms with Crippen molar-refractivity contribution in [2.24, 2.45) is 0 Å². The van der Waals surface area contributed by atoms with E-state index in [1.807, 2.05) is 37.3 Å². The zero-order valence-corrected chi connectivity index (χ0v) is 15.0. The highest BCUT2D eigenvalue weighted by Gasteiger charge is 2.25. The summed E-state index contributed by atoms with van der Waals surface area (Å²) in [5, 5.41) is 25.3. The minimum atomic E-state index is -0.813. The second kappa shape index (κ2) is 9.61. The molecule has 0 aliphatic heterocycles. The maximum Gasteiger partial charge on any atom is 0.407 e. The first kappa shape index (κ1) is 20.4. The van der Waals surface area contributed by atoms with Crippen molar-refractivity contribution in [2.45, 2.75) is 57.9 Å². The van der Waals surface area contributed by atoms with Gasteiger partial charge in [-0.15, -0.1) is 0 Å². The fourth-order valence-corrected chi connectivity index (χ4v) is 2.14. The molecule has 1 aromatic rings. The Morgan fingerprint density at radius 2 is 1.88 bits per heavy atom. The lowest BCUT2D eigenvalue weighted by molar-refractivity contribution is 0.0418. The van der Waals surface area contributed by atoms with Crippen LogP contribution in [0, 0.1) is 0 Å². The van der Waals surface area contributed by atoms with Gasteiger partial charge in [0.2, 0.25) is 0 Å². The van der Waals surface area contributed by atoms with E-state index in [-0.39, 0.29) is 19.2 Å². The summed E-state index contributed by atoms with van der Waals surface area (Å²) in [4.78, 5) is 12.1. The lowest BCUT2D eigenvalue weighted by atomic mass is 10.0. The van der Waals surface area contributed by atoms with Crippen LogP contribution in [0.1, 0.15) is 33.3 Å². The highest BCUT2D eigenvalue weighted by atomic mass is 16.6. The van der Waals surface area contributed by atoms with Gasteiger partial charge in [-0.2, -0.15) is 0 Å². The molecule has 136 valence electrons. The Morgan fingerprint density at radius 3 is 2.42 bits per heavy atom. The van der Waals surface area contributed by atoms with E-state index in [4.69, 9.17) is 9.84 Å². The number of carbonyl (C=O) groups is 1. The number of nitrogens with one attached hydrogen (secondary N) is 2. The topological polar surface area (TPSA) is 90.8 Å². The van der Waals surface area contributed by atoms with Gasteiger partial charge in [0.05, 0.1) is 18.8 Å². The van der Waals surface area contributed by atoms with E-state index >= 15 is 0 Å². The molecule has 1 aromatic carbocycles. The van der Waals surface area contributed by atoms with Crippen LogP contribution in [0.2, 0.25) is 0 Å². The number of hydrogen-bond donors (Lipinski definition) is 4. The molecule has 1 rings (SSSR count). The molecule has 4 N–H and O–H groups in total. The minimum Gasteiger partial charge on any atom is -0.444 e. The molecule has 0 aliphatic rings. The van der Waals surface area contributed by atoms with E-state index in [2.05, 4.69) is 10.6 Å². The molecule has 0 heterocycles. The second-order valence-electron chi connectivity index (χ2n) is 7.00. The van der Waals surface area contributed by atoms with Crippen molar-refractivity contribution in [1.82, 2.24) is 10.6 Å². The first-order chi connectivity index (χ1) is 11.2.